The van der Waals surface area contributed by atoms with Crippen LogP contribution in [0.1, 0.15) is 60.5 Å². The number of rotatable bonds is 4. The summed E-state index contributed by atoms with van der Waals surface area (Å²) in [4.78, 5) is 29.2. The van der Waals surface area contributed by atoms with Gasteiger partial charge in [-0.25, -0.2) is 0 Å². The quantitative estimate of drug-likeness (QED) is 0.680. The van der Waals surface area contributed by atoms with Gasteiger partial charge in [0.05, 0.1) is 24.3 Å². The molecule has 2 fully saturated rings. The summed E-state index contributed by atoms with van der Waals surface area (Å²) < 4.78 is 5.94. The van der Waals surface area contributed by atoms with Crippen molar-refractivity contribution >= 4 is 17.5 Å². The van der Waals surface area contributed by atoms with E-state index in [1.807, 2.05) is 42.7 Å². The van der Waals surface area contributed by atoms with Crippen molar-refractivity contribution in [2.75, 3.05) is 11.9 Å². The Bertz CT molecular complexity index is 1110. The van der Waals surface area contributed by atoms with Crippen LogP contribution in [0.3, 0.4) is 0 Å². The highest BCUT2D eigenvalue weighted by molar-refractivity contribution is 5.94. The lowest BCUT2D eigenvalue weighted by atomic mass is 9.79. The number of fused-ring (bicyclic) bond motifs is 3. The lowest BCUT2D eigenvalue weighted by molar-refractivity contribution is -0.139. The van der Waals surface area contributed by atoms with Gasteiger partial charge in [0.25, 0.3) is 5.91 Å². The molecule has 0 spiro atoms. The van der Waals surface area contributed by atoms with Crippen molar-refractivity contribution in [3.05, 3.63) is 78.1 Å². The highest BCUT2D eigenvalue weighted by atomic mass is 16.5. The van der Waals surface area contributed by atoms with E-state index in [-0.39, 0.29) is 42.0 Å². The summed E-state index contributed by atoms with van der Waals surface area (Å²) in [7, 11) is 0. The molecule has 6 heteroatoms. The van der Waals surface area contributed by atoms with E-state index < -0.39 is 0 Å². The van der Waals surface area contributed by atoms with Gasteiger partial charge in [-0.1, -0.05) is 49.2 Å². The smallest absolute Gasteiger partial charge is 0.251 e. The van der Waals surface area contributed by atoms with Gasteiger partial charge >= 0.3 is 0 Å². The second-order valence-electron chi connectivity index (χ2n) is 10.3. The molecule has 35 heavy (non-hydrogen) atoms. The molecule has 1 unspecified atom stereocenters. The molecule has 0 radical (unpaired) electrons. The summed E-state index contributed by atoms with van der Waals surface area (Å²) in [5, 5.41) is 6.95. The first-order chi connectivity index (χ1) is 17.2. The molecule has 1 saturated heterocycles. The van der Waals surface area contributed by atoms with Crippen molar-refractivity contribution in [3.63, 3.8) is 0 Å². The number of benzene rings is 2. The normalized spacial score (nSPS) is 31.1. The Morgan fingerprint density at radius 2 is 1.77 bits per heavy atom. The average Bonchev–Trinajstić information content (AvgIpc) is 3.60. The number of hydrogen-bond donors (Lipinski definition) is 2. The van der Waals surface area contributed by atoms with Gasteiger partial charge in [0.1, 0.15) is 6.10 Å². The van der Waals surface area contributed by atoms with Crippen molar-refractivity contribution in [2.24, 2.45) is 11.8 Å². The van der Waals surface area contributed by atoms with Gasteiger partial charge in [-0.3, -0.25) is 9.59 Å². The first-order valence-electron chi connectivity index (χ1n) is 13.0. The zero-order chi connectivity index (χ0) is 23.8. The van der Waals surface area contributed by atoms with Crippen LogP contribution >= 0.6 is 0 Å². The largest absolute Gasteiger partial charge is 0.496 e. The molecule has 2 N–H and O–H groups in total. The predicted octanol–water partition coefficient (Wildman–Crippen LogP) is 4.66. The summed E-state index contributed by atoms with van der Waals surface area (Å²) in [5.74, 6) is 0.226. The van der Waals surface area contributed by atoms with E-state index in [0.717, 1.165) is 50.8 Å². The van der Waals surface area contributed by atoms with Crippen LogP contribution in [0, 0.1) is 11.8 Å². The van der Waals surface area contributed by atoms with Gasteiger partial charge < -0.3 is 20.3 Å². The molecule has 2 amide bonds. The maximum Gasteiger partial charge on any atom is 0.251 e. The maximum atomic E-state index is 14.1. The van der Waals surface area contributed by atoms with Crippen molar-refractivity contribution in [2.45, 2.75) is 62.8 Å². The fourth-order valence-corrected chi connectivity index (χ4v) is 6.67. The number of nitrogens with zero attached hydrogens (tertiary/aromatic N) is 1. The molecule has 6 atom stereocenters. The number of para-hydroxylation sites is 1. The summed E-state index contributed by atoms with van der Waals surface area (Å²) in [6.07, 6.45) is 9.57. The number of anilines is 1. The molecule has 3 aliphatic heterocycles. The van der Waals surface area contributed by atoms with Crippen LogP contribution in [0.15, 0.2) is 66.9 Å². The second-order valence-corrected chi connectivity index (χ2v) is 10.3. The molecule has 0 aromatic heterocycles. The van der Waals surface area contributed by atoms with Crippen molar-refractivity contribution in [1.82, 2.24) is 10.2 Å². The van der Waals surface area contributed by atoms with Crippen LogP contribution < -0.4 is 10.6 Å². The second kappa shape index (κ2) is 9.40. The molecule has 3 heterocycles. The first kappa shape index (κ1) is 22.2. The molecular formula is C29H33N3O3. The van der Waals surface area contributed by atoms with Crippen LogP contribution in [-0.2, 0) is 9.53 Å². The Labute approximate surface area is 206 Å². The molecule has 2 aromatic carbocycles. The zero-order valence-electron chi connectivity index (χ0n) is 19.9. The third kappa shape index (κ3) is 4.09. The van der Waals surface area contributed by atoms with Crippen LogP contribution in [0.5, 0.6) is 0 Å². The fourth-order valence-electron chi connectivity index (χ4n) is 6.67. The highest BCUT2D eigenvalue weighted by Crippen LogP contribution is 2.49. The average molecular weight is 472 g/mol. The van der Waals surface area contributed by atoms with E-state index in [2.05, 4.69) is 39.8 Å². The Balaban J connectivity index is 1.25. The SMILES string of the molecule is O=C(N[C@@H]1CCCC[C@@H]1C(=O)N1CC[C@@H]2[C@H](C3CC=CO3)Nc3ccccc3[C@@H]21)c1ccccc1. The third-order valence-corrected chi connectivity index (χ3v) is 8.34. The number of carbonyl (C=O) groups is 2. The van der Waals surface area contributed by atoms with Crippen LogP contribution in [0.4, 0.5) is 5.69 Å². The van der Waals surface area contributed by atoms with Crippen molar-refractivity contribution in [1.29, 1.82) is 0 Å². The number of hydrogen-bond acceptors (Lipinski definition) is 4. The molecular weight excluding hydrogens is 438 g/mol. The lowest BCUT2D eigenvalue weighted by Crippen LogP contribution is -2.51. The van der Waals surface area contributed by atoms with Gasteiger partial charge in [0.15, 0.2) is 0 Å². The maximum absolute atomic E-state index is 14.1. The molecule has 182 valence electrons. The topological polar surface area (TPSA) is 70.7 Å². The number of amides is 2. The molecule has 1 saturated carbocycles. The molecule has 0 bridgehead atoms. The number of likely N-dealkylation sites (tertiary alicyclic amines) is 1. The standard InChI is InChI=1S/C29H33N3O3/c33-28(19-9-2-1-3-10-19)31-24-14-7-5-12-21(24)29(34)32-17-16-22-26(25-15-8-18-35-25)30-23-13-6-4-11-20(23)27(22)32/h1-4,6,8-11,13,18,21-22,24-27,30H,5,7,12,14-17H2,(H,31,33)/t21-,22+,24+,25?,26+,27-/m0/s1. The highest BCUT2D eigenvalue weighted by Gasteiger charge is 2.50. The minimum atomic E-state index is -0.181. The molecule has 6 nitrogen and oxygen atoms in total. The summed E-state index contributed by atoms with van der Waals surface area (Å²) in [6.45, 7) is 0.747. The number of ether oxygens (including phenoxy) is 1. The van der Waals surface area contributed by atoms with E-state index in [4.69, 9.17) is 4.74 Å². The van der Waals surface area contributed by atoms with Gasteiger partial charge in [-0.05, 0) is 49.1 Å². The lowest BCUT2D eigenvalue weighted by Gasteiger charge is -2.43. The van der Waals surface area contributed by atoms with Gasteiger partial charge in [0.2, 0.25) is 5.91 Å². The molecule has 4 aliphatic rings. The summed E-state index contributed by atoms with van der Waals surface area (Å²) in [5.41, 5.74) is 2.95. The monoisotopic (exact) mass is 471 g/mol. The Morgan fingerprint density at radius 3 is 2.60 bits per heavy atom. The van der Waals surface area contributed by atoms with E-state index >= 15 is 0 Å². The van der Waals surface area contributed by atoms with Gasteiger partial charge in [-0.15, -0.1) is 0 Å². The molecule has 6 rings (SSSR count). The summed E-state index contributed by atoms with van der Waals surface area (Å²) in [6, 6.07) is 17.8. The molecule has 2 aromatic rings. The summed E-state index contributed by atoms with van der Waals surface area (Å²) >= 11 is 0. The van der Waals surface area contributed by atoms with Gasteiger partial charge in [-0.2, -0.15) is 0 Å². The third-order valence-electron chi connectivity index (χ3n) is 8.34. The minimum absolute atomic E-state index is 0.0431. The molecule has 1 aliphatic carbocycles. The first-order valence-corrected chi connectivity index (χ1v) is 13.0. The van der Waals surface area contributed by atoms with E-state index in [1.165, 1.54) is 5.56 Å². The number of nitrogens with one attached hydrogen (secondary N) is 2. The fraction of sp³-hybridized carbons (Fsp3) is 0.448. The Kier molecular flexibility index (Phi) is 5.96. The van der Waals surface area contributed by atoms with Crippen LogP contribution in [-0.4, -0.2) is 41.4 Å². The van der Waals surface area contributed by atoms with Crippen molar-refractivity contribution in [3.8, 4) is 0 Å². The van der Waals surface area contributed by atoms with E-state index in [0.29, 0.717) is 11.5 Å². The zero-order valence-corrected chi connectivity index (χ0v) is 19.9. The van der Waals surface area contributed by atoms with Crippen LogP contribution in [0.25, 0.3) is 0 Å². The number of carbonyl (C=O) groups excluding carboxylic acids is 2. The predicted molar refractivity (Wildman–Crippen MR) is 135 cm³/mol. The van der Waals surface area contributed by atoms with E-state index in [1.54, 1.807) is 0 Å². The Hall–Kier alpha value is -3.28. The Morgan fingerprint density at radius 1 is 0.971 bits per heavy atom. The van der Waals surface area contributed by atoms with Crippen molar-refractivity contribution < 1.29 is 14.3 Å². The van der Waals surface area contributed by atoms with E-state index in [9.17, 15) is 9.59 Å². The minimum Gasteiger partial charge on any atom is -0.496 e. The van der Waals surface area contributed by atoms with Gasteiger partial charge in [0, 0.05) is 36.2 Å². The van der Waals surface area contributed by atoms with Crippen LogP contribution in [0.2, 0.25) is 0 Å².